The first-order valence-corrected chi connectivity index (χ1v) is 11.0. The normalized spacial score (nSPS) is 71.3. The van der Waals surface area contributed by atoms with Gasteiger partial charge in [0.25, 0.3) is 0 Å². The van der Waals surface area contributed by atoms with Crippen molar-refractivity contribution >= 4 is 20.0 Å². The van der Waals surface area contributed by atoms with E-state index in [1.807, 2.05) is 0 Å². The second-order valence-electron chi connectivity index (χ2n) is 10.2. The van der Waals surface area contributed by atoms with Crippen LogP contribution in [0.4, 0.5) is 0 Å². The number of nitrogens with one attached hydrogen (secondary N) is 1. The molecule has 9 atom stereocenters. The van der Waals surface area contributed by atoms with Crippen molar-refractivity contribution in [1.29, 1.82) is 0 Å². The van der Waals surface area contributed by atoms with Crippen LogP contribution in [0.1, 0.15) is 33.1 Å². The van der Waals surface area contributed by atoms with Crippen LogP contribution in [-0.4, -0.2) is 20.0 Å². The van der Waals surface area contributed by atoms with Crippen LogP contribution in [-0.2, 0) is 26.5 Å². The Kier molecular flexibility index (Phi) is 1.61. The van der Waals surface area contributed by atoms with Gasteiger partial charge in [0.2, 0.25) is 0 Å². The van der Waals surface area contributed by atoms with Crippen molar-refractivity contribution in [2.45, 2.75) is 44.7 Å². The summed E-state index contributed by atoms with van der Waals surface area (Å²) in [6.07, 6.45) is 3.74. The molecule has 9 aliphatic carbocycles. The van der Waals surface area contributed by atoms with Gasteiger partial charge in [-0.1, -0.05) is 16.8 Å². The molecular formula is C19H20NOSiTi-. The van der Waals surface area contributed by atoms with Crippen LogP contribution in [0.25, 0.3) is 5.73 Å². The summed E-state index contributed by atoms with van der Waals surface area (Å²) in [7, 11) is -0.404. The third-order valence-corrected chi connectivity index (χ3v) is 14.3. The number of hydrogen-bond donors (Lipinski definition) is 0. The van der Waals surface area contributed by atoms with E-state index < -0.39 is 8.41 Å². The molecule has 10 aliphatic rings. The molecule has 23 heavy (non-hydrogen) atoms. The molecule has 1 amide bonds. The maximum absolute atomic E-state index is 12.4. The minimum atomic E-state index is -0.404. The van der Waals surface area contributed by atoms with Gasteiger partial charge in [0.15, 0.2) is 0 Å². The maximum atomic E-state index is 12.4. The van der Waals surface area contributed by atoms with Crippen molar-refractivity contribution in [2.75, 3.05) is 0 Å². The van der Waals surface area contributed by atoms with E-state index >= 15 is 0 Å². The van der Waals surface area contributed by atoms with Crippen LogP contribution in [0, 0.1) is 44.8 Å². The minimum Gasteiger partial charge on any atom is -0.667 e. The van der Waals surface area contributed by atoms with Gasteiger partial charge in [-0.15, -0.1) is 0 Å². The third-order valence-electron chi connectivity index (χ3n) is 10.8. The molecule has 1 aliphatic heterocycles. The monoisotopic (exact) mass is 354 g/mol. The predicted octanol–water partition coefficient (Wildman–Crippen LogP) is 3.21. The predicted molar refractivity (Wildman–Crippen MR) is 84.6 cm³/mol. The molecule has 4 spiro atoms. The van der Waals surface area contributed by atoms with Crippen LogP contribution in [0.15, 0.2) is 11.1 Å². The van der Waals surface area contributed by atoms with Gasteiger partial charge in [-0.2, -0.15) is 0 Å². The van der Waals surface area contributed by atoms with Gasteiger partial charge >= 0.3 is 0 Å². The summed E-state index contributed by atoms with van der Waals surface area (Å²) >= 11 is 0. The van der Waals surface area contributed by atoms with Gasteiger partial charge in [0.1, 0.15) is 0 Å². The summed E-state index contributed by atoms with van der Waals surface area (Å²) in [6, 6.07) is 1.38. The van der Waals surface area contributed by atoms with E-state index in [0.29, 0.717) is 16.2 Å². The fourth-order valence-corrected chi connectivity index (χ4v) is 15.5. The quantitative estimate of drug-likeness (QED) is 0.702. The molecule has 0 aromatic carbocycles. The molecule has 6 bridgehead atoms. The zero-order chi connectivity index (χ0) is 14.7. The smallest absolute Gasteiger partial charge is 0.0557 e. The van der Waals surface area contributed by atoms with Crippen molar-refractivity contribution in [3.05, 3.63) is 16.9 Å². The molecular weight excluding hydrogens is 334 g/mol. The number of allylic oxidation sites excluding steroid dienone is 2. The largest absolute Gasteiger partial charge is 0.667 e. The standard InChI is InChI=1S/C19H21NOSi.Ti/c1-8-5-22(6-9(8)2)11-10-3-15(14(20)21)7-16(11)12-18(15)13-17(18,4-10)19(12,13)16;/h5,10-13H,3-4,6-7H2,1-2H3,(H2,20,21);/p-1. The molecule has 9 saturated carbocycles. The molecule has 9 fully saturated rings. The number of amides is 1. The molecule has 0 aromatic rings. The van der Waals surface area contributed by atoms with Crippen molar-refractivity contribution in [1.82, 2.24) is 0 Å². The average molecular weight is 354 g/mol. The zero-order valence-electron chi connectivity index (χ0n) is 13.6. The van der Waals surface area contributed by atoms with Crippen molar-refractivity contribution < 1.29 is 26.5 Å². The third kappa shape index (κ3) is 0.678. The summed E-state index contributed by atoms with van der Waals surface area (Å²) in [6.45, 7) is 4.65. The van der Waals surface area contributed by atoms with Crippen LogP contribution >= 0.6 is 0 Å². The number of rotatable bonds is 2. The Morgan fingerprint density at radius 2 is 2.04 bits per heavy atom. The molecule has 116 valence electrons. The fraction of sp³-hybridized carbons (Fsp3) is 0.789. The molecule has 1 heterocycles. The van der Waals surface area contributed by atoms with Crippen LogP contribution in [0.3, 0.4) is 0 Å². The van der Waals surface area contributed by atoms with Crippen molar-refractivity contribution in [3.8, 4) is 0 Å². The summed E-state index contributed by atoms with van der Waals surface area (Å²) in [5, 5.41) is 0. The van der Waals surface area contributed by atoms with Crippen molar-refractivity contribution in [3.63, 3.8) is 0 Å². The molecule has 4 heteroatoms. The Bertz CT molecular complexity index is 879. The summed E-state index contributed by atoms with van der Waals surface area (Å²) in [5.74, 6) is 2.53. The Morgan fingerprint density at radius 1 is 1.26 bits per heavy atom. The number of hydrogen-bond acceptors (Lipinski definition) is 1. The number of carbonyl (C=O) groups is 1. The van der Waals surface area contributed by atoms with E-state index in [2.05, 4.69) is 19.5 Å². The van der Waals surface area contributed by atoms with Crippen LogP contribution < -0.4 is 0 Å². The van der Waals surface area contributed by atoms with Gasteiger partial charge in [-0.05, 0) is 84.1 Å². The molecule has 0 saturated heterocycles. The van der Waals surface area contributed by atoms with E-state index in [1.165, 1.54) is 12.5 Å². The fourth-order valence-electron chi connectivity index (χ4n) is 11.2. The van der Waals surface area contributed by atoms with Gasteiger partial charge in [-0.3, -0.25) is 0 Å². The topological polar surface area (TPSA) is 40.9 Å². The second-order valence-corrected chi connectivity index (χ2v) is 12.6. The summed E-state index contributed by atoms with van der Waals surface area (Å²) < 4.78 is 0. The van der Waals surface area contributed by atoms with Crippen molar-refractivity contribution in [2.24, 2.45) is 44.8 Å². The first-order valence-electron chi connectivity index (χ1n) is 9.11. The molecule has 1 N–H and O–H groups in total. The summed E-state index contributed by atoms with van der Waals surface area (Å²) in [4.78, 5) is 12.4. The second kappa shape index (κ2) is 2.79. The Balaban J connectivity index is 0.00000105. The van der Waals surface area contributed by atoms with Gasteiger partial charge in [0.05, 0.1) is 5.91 Å². The van der Waals surface area contributed by atoms with Gasteiger partial charge < -0.3 is 10.5 Å². The van der Waals surface area contributed by atoms with E-state index in [9.17, 15) is 4.79 Å². The Morgan fingerprint density at radius 3 is 2.70 bits per heavy atom. The van der Waals surface area contributed by atoms with E-state index in [4.69, 9.17) is 5.73 Å². The van der Waals surface area contributed by atoms with Gasteiger partial charge in [0, 0.05) is 35.5 Å². The Hall–Kier alpha value is 0.0112. The van der Waals surface area contributed by atoms with E-state index in [1.54, 1.807) is 11.1 Å². The first kappa shape index (κ1) is 13.2. The first-order chi connectivity index (χ1) is 10.5. The molecule has 0 radical (unpaired) electrons. The maximum Gasteiger partial charge on any atom is 0.0557 e. The zero-order valence-corrected chi connectivity index (χ0v) is 16.2. The molecule has 10 rings (SSSR count). The molecule has 2 nitrogen and oxygen atoms in total. The minimum absolute atomic E-state index is 0. The van der Waals surface area contributed by atoms with E-state index in [0.717, 1.165) is 41.6 Å². The molecule has 0 aromatic heterocycles. The van der Waals surface area contributed by atoms with Crippen LogP contribution in [0.5, 0.6) is 0 Å². The number of carbonyl (C=O) groups excluding carboxylic acids is 1. The van der Waals surface area contributed by atoms with Gasteiger partial charge in [-0.25, -0.2) is 0 Å². The Labute approximate surface area is 152 Å². The summed E-state index contributed by atoms with van der Waals surface area (Å²) in [5.41, 5.74) is 17.2. The SMILES string of the molecule is CC1=C(C)C[Si](C2C3CC4(C([NH-])=O)CC25C2C46C4C6(C3)C245)=C1.[Ti]. The molecule has 9 unspecified atom stereocenters. The average Bonchev–Trinajstić information content (AvgIpc) is 3.19. The van der Waals surface area contributed by atoms with E-state index in [-0.39, 0.29) is 33.0 Å². The van der Waals surface area contributed by atoms with Crippen LogP contribution in [0.2, 0.25) is 11.6 Å².